The van der Waals surface area contributed by atoms with E-state index < -0.39 is 0 Å². The molecule has 4 heteroatoms. The highest BCUT2D eigenvalue weighted by atomic mass is 16.5. The summed E-state index contributed by atoms with van der Waals surface area (Å²) in [6.45, 7) is 2.88. The fourth-order valence-corrected chi connectivity index (χ4v) is 4.21. The number of ether oxygens (including phenoxy) is 1. The van der Waals surface area contributed by atoms with E-state index in [4.69, 9.17) is 4.74 Å². The van der Waals surface area contributed by atoms with Gasteiger partial charge in [0.25, 0.3) is 0 Å². The molecule has 0 aliphatic carbocycles. The van der Waals surface area contributed by atoms with Gasteiger partial charge in [0.05, 0.1) is 7.11 Å². The molecule has 0 aromatic heterocycles. The van der Waals surface area contributed by atoms with E-state index in [2.05, 4.69) is 94.8 Å². The van der Waals surface area contributed by atoms with Gasteiger partial charge in [0.15, 0.2) is 0 Å². The lowest BCUT2D eigenvalue weighted by molar-refractivity contribution is 0.412. The van der Waals surface area contributed by atoms with Crippen LogP contribution in [0.3, 0.4) is 0 Å². The number of methoxy groups -OCH3 is 1. The molecule has 0 radical (unpaired) electrons. The van der Waals surface area contributed by atoms with Crippen LogP contribution in [0, 0.1) is 0 Å². The summed E-state index contributed by atoms with van der Waals surface area (Å²) in [6, 6.07) is 30.7. The van der Waals surface area contributed by atoms with Crippen molar-refractivity contribution in [2.75, 3.05) is 33.8 Å². The summed E-state index contributed by atoms with van der Waals surface area (Å²) >= 11 is 0. The molecule has 2 atom stereocenters. The van der Waals surface area contributed by atoms with E-state index in [9.17, 15) is 0 Å². The summed E-state index contributed by atoms with van der Waals surface area (Å²) < 4.78 is 5.35. The molecule has 0 amide bonds. The van der Waals surface area contributed by atoms with Crippen LogP contribution in [0.5, 0.6) is 5.75 Å². The summed E-state index contributed by atoms with van der Waals surface area (Å²) in [5.41, 5.74) is 4.07. The number of hydrogen-bond acceptors (Lipinski definition) is 4. The highest BCUT2D eigenvalue weighted by Gasteiger charge is 2.14. The first-order valence-corrected chi connectivity index (χ1v) is 12.1. The standard InChI is InChI=1S/C29H39N3O/c1-30-22-27(19-24-11-5-3-6-12-24)32-23-28(20-25-13-7-4-8-14-25)31-18-10-16-26-15-9-17-29(21-26)33-2/h3-9,11-15,17,21,27-28,30-32H,10,16,18-20,22-23H2,1-2H3/t27-,28-/m0/s1. The van der Waals surface area contributed by atoms with Gasteiger partial charge in [0.2, 0.25) is 0 Å². The zero-order chi connectivity index (χ0) is 23.1. The van der Waals surface area contributed by atoms with Gasteiger partial charge in [0, 0.05) is 25.2 Å². The van der Waals surface area contributed by atoms with Crippen molar-refractivity contribution in [3.8, 4) is 5.75 Å². The van der Waals surface area contributed by atoms with E-state index in [1.54, 1.807) is 7.11 Å². The van der Waals surface area contributed by atoms with Gasteiger partial charge in [-0.1, -0.05) is 72.8 Å². The number of hydrogen-bond donors (Lipinski definition) is 3. The third kappa shape index (κ3) is 9.39. The van der Waals surface area contributed by atoms with Gasteiger partial charge in [0.1, 0.15) is 5.75 Å². The molecule has 3 N–H and O–H groups in total. The Balaban J connectivity index is 1.53. The molecule has 0 aliphatic rings. The molecular weight excluding hydrogens is 406 g/mol. The highest BCUT2D eigenvalue weighted by molar-refractivity contribution is 5.28. The molecule has 0 saturated heterocycles. The average molecular weight is 446 g/mol. The third-order valence-corrected chi connectivity index (χ3v) is 5.96. The van der Waals surface area contributed by atoms with Gasteiger partial charge >= 0.3 is 0 Å². The first kappa shape index (κ1) is 25.0. The fraction of sp³-hybridized carbons (Fsp3) is 0.379. The quantitative estimate of drug-likeness (QED) is 0.306. The van der Waals surface area contributed by atoms with Crippen LogP contribution < -0.4 is 20.7 Å². The molecule has 4 nitrogen and oxygen atoms in total. The molecule has 0 bridgehead atoms. The molecule has 33 heavy (non-hydrogen) atoms. The molecule has 3 aromatic carbocycles. The van der Waals surface area contributed by atoms with Crippen molar-refractivity contribution in [3.63, 3.8) is 0 Å². The maximum Gasteiger partial charge on any atom is 0.119 e. The predicted octanol–water partition coefficient (Wildman–Crippen LogP) is 4.25. The Morgan fingerprint density at radius 1 is 0.697 bits per heavy atom. The largest absolute Gasteiger partial charge is 0.497 e. The van der Waals surface area contributed by atoms with Crippen molar-refractivity contribution < 1.29 is 4.74 Å². The number of aryl methyl sites for hydroxylation is 1. The van der Waals surface area contributed by atoms with Crippen LogP contribution >= 0.6 is 0 Å². The van der Waals surface area contributed by atoms with Crippen LogP contribution in [0.15, 0.2) is 84.9 Å². The molecule has 0 spiro atoms. The van der Waals surface area contributed by atoms with E-state index in [1.165, 1.54) is 16.7 Å². The number of rotatable bonds is 15. The van der Waals surface area contributed by atoms with E-state index >= 15 is 0 Å². The average Bonchev–Trinajstić information content (AvgIpc) is 2.86. The van der Waals surface area contributed by atoms with Crippen LogP contribution in [0.2, 0.25) is 0 Å². The van der Waals surface area contributed by atoms with Crippen molar-refractivity contribution in [3.05, 3.63) is 102 Å². The Morgan fingerprint density at radius 3 is 1.91 bits per heavy atom. The lowest BCUT2D eigenvalue weighted by Gasteiger charge is -2.24. The molecule has 0 saturated carbocycles. The highest BCUT2D eigenvalue weighted by Crippen LogP contribution is 2.14. The number of nitrogens with one attached hydrogen (secondary N) is 3. The Labute approximate surface area is 199 Å². The Hall–Kier alpha value is -2.66. The molecule has 3 rings (SSSR count). The number of likely N-dealkylation sites (N-methyl/N-ethyl adjacent to an activating group) is 1. The maximum atomic E-state index is 5.35. The normalized spacial score (nSPS) is 12.9. The first-order valence-electron chi connectivity index (χ1n) is 12.1. The van der Waals surface area contributed by atoms with Gasteiger partial charge < -0.3 is 20.7 Å². The van der Waals surface area contributed by atoms with E-state index in [0.717, 1.165) is 51.1 Å². The Bertz CT molecular complexity index is 901. The van der Waals surface area contributed by atoms with Crippen molar-refractivity contribution in [2.24, 2.45) is 0 Å². The molecule has 3 aromatic rings. The minimum Gasteiger partial charge on any atom is -0.497 e. The number of benzene rings is 3. The summed E-state index contributed by atoms with van der Waals surface area (Å²) in [6.07, 6.45) is 4.19. The van der Waals surface area contributed by atoms with Gasteiger partial charge in [-0.3, -0.25) is 0 Å². The smallest absolute Gasteiger partial charge is 0.119 e. The second kappa shape index (κ2) is 14.5. The van der Waals surface area contributed by atoms with Gasteiger partial charge in [-0.2, -0.15) is 0 Å². The van der Waals surface area contributed by atoms with Crippen molar-refractivity contribution in [1.29, 1.82) is 0 Å². The second-order valence-corrected chi connectivity index (χ2v) is 8.65. The molecule has 0 heterocycles. The van der Waals surface area contributed by atoms with Crippen molar-refractivity contribution >= 4 is 0 Å². The molecular formula is C29H39N3O. The van der Waals surface area contributed by atoms with Crippen molar-refractivity contribution in [1.82, 2.24) is 16.0 Å². The predicted molar refractivity (Wildman–Crippen MR) is 139 cm³/mol. The van der Waals surface area contributed by atoms with E-state index in [-0.39, 0.29) is 0 Å². The lowest BCUT2D eigenvalue weighted by atomic mass is 10.0. The fourth-order valence-electron chi connectivity index (χ4n) is 4.21. The van der Waals surface area contributed by atoms with Gasteiger partial charge in [-0.25, -0.2) is 0 Å². The second-order valence-electron chi connectivity index (χ2n) is 8.65. The van der Waals surface area contributed by atoms with Crippen LogP contribution in [-0.2, 0) is 19.3 Å². The SMILES string of the molecule is CNC[C@H](Cc1ccccc1)NC[C@H](Cc1ccccc1)NCCCc1cccc(OC)c1. The van der Waals surface area contributed by atoms with Crippen LogP contribution in [0.1, 0.15) is 23.1 Å². The third-order valence-electron chi connectivity index (χ3n) is 5.96. The van der Waals surface area contributed by atoms with Crippen LogP contribution in [0.25, 0.3) is 0 Å². The molecule has 0 unspecified atom stereocenters. The van der Waals surface area contributed by atoms with E-state index in [0.29, 0.717) is 12.1 Å². The zero-order valence-corrected chi connectivity index (χ0v) is 20.1. The summed E-state index contributed by atoms with van der Waals surface area (Å²) in [5.74, 6) is 0.931. The first-order chi connectivity index (χ1) is 16.3. The van der Waals surface area contributed by atoms with Crippen LogP contribution in [0.4, 0.5) is 0 Å². The van der Waals surface area contributed by atoms with Crippen LogP contribution in [-0.4, -0.2) is 45.9 Å². The molecule has 0 fully saturated rings. The summed E-state index contributed by atoms with van der Waals surface area (Å²) in [4.78, 5) is 0. The lowest BCUT2D eigenvalue weighted by Crippen LogP contribution is -2.47. The zero-order valence-electron chi connectivity index (χ0n) is 20.1. The minimum atomic E-state index is 0.382. The monoisotopic (exact) mass is 445 g/mol. The Kier molecular flexibility index (Phi) is 11.0. The Morgan fingerprint density at radius 2 is 1.30 bits per heavy atom. The summed E-state index contributed by atoms with van der Waals surface area (Å²) in [7, 11) is 3.75. The van der Waals surface area contributed by atoms with Gasteiger partial charge in [-0.05, 0) is 68.1 Å². The van der Waals surface area contributed by atoms with Crippen molar-refractivity contribution in [2.45, 2.75) is 37.8 Å². The topological polar surface area (TPSA) is 45.3 Å². The van der Waals surface area contributed by atoms with Gasteiger partial charge in [-0.15, -0.1) is 0 Å². The molecule has 0 aliphatic heterocycles. The molecule has 176 valence electrons. The summed E-state index contributed by atoms with van der Waals surface area (Å²) in [5, 5.41) is 11.0. The minimum absolute atomic E-state index is 0.382. The van der Waals surface area contributed by atoms with E-state index in [1.807, 2.05) is 13.1 Å². The maximum absolute atomic E-state index is 5.35.